The van der Waals surface area contributed by atoms with Gasteiger partial charge in [0.1, 0.15) is 0 Å². The molecular formula is C6H6N4. The largest absolute Gasteiger partial charge is 0.396 e. The molecule has 0 aliphatic heterocycles. The summed E-state index contributed by atoms with van der Waals surface area (Å²) in [7, 11) is 0. The fourth-order valence-corrected chi connectivity index (χ4v) is 0.887. The average Bonchev–Trinajstić information content (AvgIpc) is 2.36. The Kier molecular flexibility index (Phi) is 0.887. The number of pyridine rings is 1. The second-order valence-corrected chi connectivity index (χ2v) is 2.06. The van der Waals surface area contributed by atoms with Gasteiger partial charge in [-0.1, -0.05) is 0 Å². The zero-order valence-electron chi connectivity index (χ0n) is 5.20. The van der Waals surface area contributed by atoms with Crippen molar-refractivity contribution in [3.8, 4) is 0 Å². The van der Waals surface area contributed by atoms with Gasteiger partial charge in [0, 0.05) is 11.6 Å². The first kappa shape index (κ1) is 5.22. The Balaban J connectivity index is 2.95. The lowest BCUT2D eigenvalue weighted by molar-refractivity contribution is 1.12. The minimum atomic E-state index is 0.634. The predicted molar refractivity (Wildman–Crippen MR) is 38.3 cm³/mol. The predicted octanol–water partition coefficient (Wildman–Crippen LogP) is 0.540. The van der Waals surface area contributed by atoms with Crippen LogP contribution in [0.4, 0.5) is 5.69 Å². The topological polar surface area (TPSA) is 67.6 Å². The van der Waals surface area contributed by atoms with Gasteiger partial charge in [-0.3, -0.25) is 10.1 Å². The summed E-state index contributed by atoms with van der Waals surface area (Å²) in [5.74, 6) is 0. The van der Waals surface area contributed by atoms with E-state index in [2.05, 4.69) is 15.2 Å². The zero-order valence-corrected chi connectivity index (χ0v) is 5.20. The molecule has 0 unspecified atom stereocenters. The summed E-state index contributed by atoms with van der Waals surface area (Å²) < 4.78 is 0. The van der Waals surface area contributed by atoms with E-state index in [1.54, 1.807) is 18.6 Å². The molecule has 2 rings (SSSR count). The molecule has 0 amide bonds. The summed E-state index contributed by atoms with van der Waals surface area (Å²) in [6.07, 6.45) is 5.01. The van der Waals surface area contributed by atoms with Gasteiger partial charge in [0.05, 0.1) is 23.6 Å². The molecule has 0 bridgehead atoms. The first-order valence-electron chi connectivity index (χ1n) is 2.90. The fourth-order valence-electron chi connectivity index (χ4n) is 0.887. The minimum Gasteiger partial charge on any atom is -0.396 e. The molecule has 0 aromatic carbocycles. The number of fused-ring (bicyclic) bond motifs is 1. The van der Waals surface area contributed by atoms with Crippen LogP contribution < -0.4 is 5.73 Å². The van der Waals surface area contributed by atoms with Gasteiger partial charge >= 0.3 is 0 Å². The maximum atomic E-state index is 5.57. The van der Waals surface area contributed by atoms with E-state index in [9.17, 15) is 0 Å². The van der Waals surface area contributed by atoms with Gasteiger partial charge in [0.15, 0.2) is 0 Å². The first-order chi connectivity index (χ1) is 4.88. The van der Waals surface area contributed by atoms with E-state index in [1.165, 1.54) is 0 Å². The SMILES string of the molecule is Nc1cncc2cn[nH]c12. The van der Waals surface area contributed by atoms with Crippen LogP contribution in [0.15, 0.2) is 18.6 Å². The number of H-pyrrole nitrogens is 1. The first-order valence-corrected chi connectivity index (χ1v) is 2.90. The van der Waals surface area contributed by atoms with Crippen molar-refractivity contribution in [2.45, 2.75) is 0 Å². The second-order valence-electron chi connectivity index (χ2n) is 2.06. The maximum Gasteiger partial charge on any atom is 0.0910 e. The van der Waals surface area contributed by atoms with Crippen LogP contribution in [0.2, 0.25) is 0 Å². The number of anilines is 1. The molecule has 10 heavy (non-hydrogen) atoms. The smallest absolute Gasteiger partial charge is 0.0910 e. The molecule has 0 aliphatic rings. The van der Waals surface area contributed by atoms with Gasteiger partial charge in [0.25, 0.3) is 0 Å². The van der Waals surface area contributed by atoms with E-state index in [0.717, 1.165) is 10.9 Å². The van der Waals surface area contributed by atoms with Gasteiger partial charge < -0.3 is 5.73 Å². The van der Waals surface area contributed by atoms with E-state index in [1.807, 2.05) is 0 Å². The van der Waals surface area contributed by atoms with E-state index in [0.29, 0.717) is 5.69 Å². The van der Waals surface area contributed by atoms with E-state index >= 15 is 0 Å². The molecular weight excluding hydrogens is 128 g/mol. The lowest BCUT2D eigenvalue weighted by Crippen LogP contribution is -1.86. The average molecular weight is 134 g/mol. The Hall–Kier alpha value is -1.58. The van der Waals surface area contributed by atoms with Gasteiger partial charge in [-0.2, -0.15) is 5.10 Å². The van der Waals surface area contributed by atoms with Crippen LogP contribution in [0.1, 0.15) is 0 Å². The molecule has 3 N–H and O–H groups in total. The van der Waals surface area contributed by atoms with Crippen molar-refractivity contribution in [2.75, 3.05) is 5.73 Å². The molecule has 0 fully saturated rings. The third kappa shape index (κ3) is 0.556. The normalized spacial score (nSPS) is 10.4. The standard InChI is InChI=1S/C6H6N4/c7-5-3-8-1-4-2-9-10-6(4)5/h1-3H,7H2,(H,9,10). The van der Waals surface area contributed by atoms with E-state index < -0.39 is 0 Å². The third-order valence-corrected chi connectivity index (χ3v) is 1.38. The molecule has 4 nitrogen and oxygen atoms in total. The molecule has 0 saturated heterocycles. The number of hydrogen-bond donors (Lipinski definition) is 2. The summed E-state index contributed by atoms with van der Waals surface area (Å²) in [6, 6.07) is 0. The zero-order chi connectivity index (χ0) is 6.97. The Morgan fingerprint density at radius 3 is 3.00 bits per heavy atom. The van der Waals surface area contributed by atoms with Crippen molar-refractivity contribution in [1.29, 1.82) is 0 Å². The van der Waals surface area contributed by atoms with E-state index in [-0.39, 0.29) is 0 Å². The van der Waals surface area contributed by atoms with Gasteiger partial charge in [-0.25, -0.2) is 0 Å². The highest BCUT2D eigenvalue weighted by Gasteiger charge is 1.96. The molecule has 2 aromatic rings. The van der Waals surface area contributed by atoms with Crippen LogP contribution in [0.5, 0.6) is 0 Å². The van der Waals surface area contributed by atoms with Crippen LogP contribution in [-0.2, 0) is 0 Å². The Morgan fingerprint density at radius 2 is 2.20 bits per heavy atom. The minimum absolute atomic E-state index is 0.634. The highest BCUT2D eigenvalue weighted by atomic mass is 15.1. The molecule has 0 aliphatic carbocycles. The number of hydrogen-bond acceptors (Lipinski definition) is 3. The quantitative estimate of drug-likeness (QED) is 0.552. The summed E-state index contributed by atoms with van der Waals surface area (Å²) in [6.45, 7) is 0. The number of aromatic amines is 1. The number of nitrogens with two attached hydrogens (primary N) is 1. The van der Waals surface area contributed by atoms with Gasteiger partial charge in [0.2, 0.25) is 0 Å². The summed E-state index contributed by atoms with van der Waals surface area (Å²) >= 11 is 0. The number of nitrogens with one attached hydrogen (secondary N) is 1. The molecule has 2 aromatic heterocycles. The molecule has 4 heteroatoms. The monoisotopic (exact) mass is 134 g/mol. The van der Waals surface area contributed by atoms with Crippen molar-refractivity contribution < 1.29 is 0 Å². The molecule has 0 saturated carbocycles. The van der Waals surface area contributed by atoms with Crippen molar-refractivity contribution in [2.24, 2.45) is 0 Å². The van der Waals surface area contributed by atoms with Gasteiger partial charge in [-0.05, 0) is 0 Å². The van der Waals surface area contributed by atoms with Crippen LogP contribution in [0.3, 0.4) is 0 Å². The highest BCUT2D eigenvalue weighted by molar-refractivity contribution is 5.87. The summed E-state index contributed by atoms with van der Waals surface area (Å²) in [5.41, 5.74) is 7.06. The van der Waals surface area contributed by atoms with Crippen molar-refractivity contribution >= 4 is 16.6 Å². The third-order valence-electron chi connectivity index (χ3n) is 1.38. The second kappa shape index (κ2) is 1.70. The number of nitrogens with zero attached hydrogens (tertiary/aromatic N) is 2. The summed E-state index contributed by atoms with van der Waals surface area (Å²) in [4.78, 5) is 3.90. The van der Waals surface area contributed by atoms with Crippen molar-refractivity contribution in [3.63, 3.8) is 0 Å². The highest BCUT2D eigenvalue weighted by Crippen LogP contribution is 2.14. The molecule has 0 atom stereocenters. The molecule has 0 radical (unpaired) electrons. The Bertz CT molecular complexity index is 351. The maximum absolute atomic E-state index is 5.57. The fraction of sp³-hybridized carbons (Fsp3) is 0. The van der Waals surface area contributed by atoms with Gasteiger partial charge in [-0.15, -0.1) is 0 Å². The lowest BCUT2D eigenvalue weighted by atomic mass is 10.3. The molecule has 50 valence electrons. The van der Waals surface area contributed by atoms with Crippen LogP contribution >= 0.6 is 0 Å². The number of nitrogen functional groups attached to an aromatic ring is 1. The van der Waals surface area contributed by atoms with Crippen molar-refractivity contribution in [3.05, 3.63) is 18.6 Å². The van der Waals surface area contributed by atoms with Crippen LogP contribution in [-0.4, -0.2) is 15.2 Å². The lowest BCUT2D eigenvalue weighted by Gasteiger charge is -1.90. The number of aromatic nitrogens is 3. The molecule has 2 heterocycles. The Morgan fingerprint density at radius 1 is 1.30 bits per heavy atom. The number of rotatable bonds is 0. The van der Waals surface area contributed by atoms with Crippen LogP contribution in [0, 0.1) is 0 Å². The Labute approximate surface area is 57.1 Å². The van der Waals surface area contributed by atoms with Crippen LogP contribution in [0.25, 0.3) is 10.9 Å². The van der Waals surface area contributed by atoms with Crippen molar-refractivity contribution in [1.82, 2.24) is 15.2 Å². The summed E-state index contributed by atoms with van der Waals surface area (Å²) in [5, 5.41) is 7.53. The molecule has 0 spiro atoms. The van der Waals surface area contributed by atoms with E-state index in [4.69, 9.17) is 5.73 Å².